The number of cyclic esters (lactones) is 1. The van der Waals surface area contributed by atoms with E-state index in [0.717, 1.165) is 11.1 Å². The third-order valence-electron chi connectivity index (χ3n) is 3.40. The van der Waals surface area contributed by atoms with Crippen LogP contribution in [-0.2, 0) is 9.53 Å². The largest absolute Gasteiger partial charge is 0.423 e. The van der Waals surface area contributed by atoms with Crippen LogP contribution in [0.2, 0.25) is 0 Å². The minimum absolute atomic E-state index is 0.427. The topological polar surface area (TPSA) is 73.9 Å². The molecule has 0 aliphatic carbocycles. The third kappa shape index (κ3) is 3.02. The number of ether oxygens (including phenoxy) is 1. The number of nitriles is 2. The van der Waals surface area contributed by atoms with Gasteiger partial charge in [0.05, 0.1) is 23.3 Å². The van der Waals surface area contributed by atoms with Crippen LogP contribution < -0.4 is 0 Å². The number of carbonyl (C=O) groups is 1. The Morgan fingerprint density at radius 2 is 1.43 bits per heavy atom. The Balaban J connectivity index is 1.96. The zero-order valence-electron chi connectivity index (χ0n) is 12.0. The van der Waals surface area contributed by atoms with Crippen LogP contribution in [0, 0.1) is 22.7 Å². The van der Waals surface area contributed by atoms with Crippen LogP contribution in [-0.4, -0.2) is 5.97 Å². The molecule has 0 spiro atoms. The van der Waals surface area contributed by atoms with Gasteiger partial charge >= 0.3 is 5.97 Å². The molecule has 2 aromatic carbocycles. The lowest BCUT2D eigenvalue weighted by molar-refractivity contribution is -0.132. The molecule has 0 radical (unpaired) electrons. The van der Waals surface area contributed by atoms with Crippen LogP contribution in [0.5, 0.6) is 0 Å². The maximum atomic E-state index is 11.6. The lowest BCUT2D eigenvalue weighted by atomic mass is 10.0. The summed E-state index contributed by atoms with van der Waals surface area (Å²) in [6.45, 7) is 0. The molecule has 0 atom stereocenters. The van der Waals surface area contributed by atoms with Crippen molar-refractivity contribution in [2.75, 3.05) is 0 Å². The molecule has 1 heterocycles. The molecule has 1 aliphatic heterocycles. The molecular weight excluding hydrogens is 288 g/mol. The van der Waals surface area contributed by atoms with Gasteiger partial charge in [-0.15, -0.1) is 0 Å². The predicted molar refractivity (Wildman–Crippen MR) is 84.4 cm³/mol. The fraction of sp³-hybridized carbons (Fsp3) is 0. The zero-order valence-corrected chi connectivity index (χ0v) is 12.0. The highest BCUT2D eigenvalue weighted by molar-refractivity contribution is 6.03. The quantitative estimate of drug-likeness (QED) is 0.796. The molecule has 0 fully saturated rings. The van der Waals surface area contributed by atoms with Crippen molar-refractivity contribution in [3.63, 3.8) is 0 Å². The first-order valence-corrected chi connectivity index (χ1v) is 6.86. The molecular formula is C19H10N2O2. The minimum atomic E-state index is -0.427. The summed E-state index contributed by atoms with van der Waals surface area (Å²) in [6, 6.07) is 18.0. The second-order valence-corrected chi connectivity index (χ2v) is 4.91. The molecule has 0 amide bonds. The standard InChI is InChI=1S/C19H10N2O2/c20-11-14-3-1-13(2-4-14)9-18-17(10-19(22)23-18)16-7-5-15(12-21)6-8-16/h1-10H. The summed E-state index contributed by atoms with van der Waals surface area (Å²) in [5.41, 5.74) is 3.42. The highest BCUT2D eigenvalue weighted by Gasteiger charge is 2.21. The first-order valence-electron chi connectivity index (χ1n) is 6.86. The number of esters is 1. The molecule has 4 nitrogen and oxygen atoms in total. The van der Waals surface area contributed by atoms with E-state index in [1.807, 2.05) is 0 Å². The normalized spacial score (nSPS) is 14.8. The third-order valence-corrected chi connectivity index (χ3v) is 3.40. The summed E-state index contributed by atoms with van der Waals surface area (Å²) in [4.78, 5) is 11.6. The van der Waals surface area contributed by atoms with Crippen LogP contribution in [0.4, 0.5) is 0 Å². The van der Waals surface area contributed by atoms with E-state index in [2.05, 4.69) is 12.1 Å². The van der Waals surface area contributed by atoms with E-state index < -0.39 is 5.97 Å². The first kappa shape index (κ1) is 14.3. The summed E-state index contributed by atoms with van der Waals surface area (Å²) in [7, 11) is 0. The summed E-state index contributed by atoms with van der Waals surface area (Å²) < 4.78 is 5.24. The van der Waals surface area contributed by atoms with Crippen LogP contribution in [0.15, 0.2) is 60.4 Å². The molecule has 0 N–H and O–H groups in total. The van der Waals surface area contributed by atoms with E-state index in [9.17, 15) is 4.79 Å². The van der Waals surface area contributed by atoms with Crippen LogP contribution in [0.3, 0.4) is 0 Å². The van der Waals surface area contributed by atoms with Crippen molar-refractivity contribution in [1.82, 2.24) is 0 Å². The molecule has 0 saturated heterocycles. The van der Waals surface area contributed by atoms with Crippen molar-refractivity contribution in [3.8, 4) is 12.1 Å². The number of hydrogen-bond donors (Lipinski definition) is 0. The SMILES string of the molecule is N#Cc1ccc(C=C2OC(=O)C=C2c2ccc(C#N)cc2)cc1. The summed E-state index contributed by atoms with van der Waals surface area (Å²) in [5, 5.41) is 17.7. The number of allylic oxidation sites excluding steroid dienone is 1. The zero-order chi connectivity index (χ0) is 16.2. The maximum Gasteiger partial charge on any atom is 0.336 e. The van der Waals surface area contributed by atoms with Gasteiger partial charge in [-0.2, -0.15) is 10.5 Å². The molecule has 2 aromatic rings. The lowest BCUT2D eigenvalue weighted by Crippen LogP contribution is -1.92. The van der Waals surface area contributed by atoms with Crippen molar-refractivity contribution >= 4 is 17.6 Å². The van der Waals surface area contributed by atoms with Crippen molar-refractivity contribution in [2.45, 2.75) is 0 Å². The van der Waals surface area contributed by atoms with E-state index in [-0.39, 0.29) is 0 Å². The fourth-order valence-corrected chi connectivity index (χ4v) is 2.24. The molecule has 0 unspecified atom stereocenters. The fourth-order valence-electron chi connectivity index (χ4n) is 2.24. The average molecular weight is 298 g/mol. The predicted octanol–water partition coefficient (Wildman–Crippen LogP) is 3.41. The van der Waals surface area contributed by atoms with Gasteiger partial charge in [0.25, 0.3) is 0 Å². The Hall–Kier alpha value is -3.63. The van der Waals surface area contributed by atoms with Gasteiger partial charge in [-0.1, -0.05) is 24.3 Å². The molecule has 4 heteroatoms. The molecule has 0 bridgehead atoms. The molecule has 23 heavy (non-hydrogen) atoms. The van der Waals surface area contributed by atoms with Gasteiger partial charge in [0.15, 0.2) is 0 Å². The molecule has 3 rings (SSSR count). The highest BCUT2D eigenvalue weighted by Crippen LogP contribution is 2.31. The van der Waals surface area contributed by atoms with Crippen LogP contribution >= 0.6 is 0 Å². The van der Waals surface area contributed by atoms with Gasteiger partial charge in [0, 0.05) is 11.6 Å². The number of benzene rings is 2. The highest BCUT2D eigenvalue weighted by atomic mass is 16.5. The minimum Gasteiger partial charge on any atom is -0.423 e. The second kappa shape index (κ2) is 6.01. The van der Waals surface area contributed by atoms with Crippen molar-refractivity contribution in [1.29, 1.82) is 10.5 Å². The number of nitrogens with zero attached hydrogens (tertiary/aromatic N) is 2. The summed E-state index contributed by atoms with van der Waals surface area (Å²) in [5.74, 6) is 0.0219. The average Bonchev–Trinajstić information content (AvgIpc) is 2.96. The Kier molecular flexibility index (Phi) is 3.74. The molecule has 1 aliphatic rings. The smallest absolute Gasteiger partial charge is 0.336 e. The van der Waals surface area contributed by atoms with E-state index in [4.69, 9.17) is 15.3 Å². The Labute approximate surface area is 133 Å². The Morgan fingerprint density at radius 3 is 2.00 bits per heavy atom. The van der Waals surface area contributed by atoms with Gasteiger partial charge in [-0.3, -0.25) is 0 Å². The second-order valence-electron chi connectivity index (χ2n) is 4.91. The monoisotopic (exact) mass is 298 g/mol. The van der Waals surface area contributed by atoms with Gasteiger partial charge in [-0.05, 0) is 41.5 Å². The van der Waals surface area contributed by atoms with Gasteiger partial charge < -0.3 is 4.74 Å². The number of carbonyl (C=O) groups excluding carboxylic acids is 1. The van der Waals surface area contributed by atoms with E-state index in [1.165, 1.54) is 6.08 Å². The van der Waals surface area contributed by atoms with Gasteiger partial charge in [0.1, 0.15) is 5.76 Å². The molecule has 0 aromatic heterocycles. The summed E-state index contributed by atoms with van der Waals surface area (Å²) >= 11 is 0. The van der Waals surface area contributed by atoms with Gasteiger partial charge in [-0.25, -0.2) is 4.79 Å². The van der Waals surface area contributed by atoms with Crippen molar-refractivity contribution < 1.29 is 9.53 Å². The first-order chi connectivity index (χ1) is 11.2. The van der Waals surface area contributed by atoms with E-state index in [1.54, 1.807) is 54.6 Å². The van der Waals surface area contributed by atoms with Crippen molar-refractivity contribution in [2.24, 2.45) is 0 Å². The van der Waals surface area contributed by atoms with Gasteiger partial charge in [0.2, 0.25) is 0 Å². The van der Waals surface area contributed by atoms with E-state index in [0.29, 0.717) is 22.5 Å². The maximum absolute atomic E-state index is 11.6. The number of hydrogen-bond acceptors (Lipinski definition) is 4. The Bertz CT molecular complexity index is 906. The van der Waals surface area contributed by atoms with Crippen LogP contribution in [0.25, 0.3) is 11.6 Å². The van der Waals surface area contributed by atoms with Crippen molar-refractivity contribution in [3.05, 3.63) is 82.6 Å². The molecule has 0 saturated carbocycles. The van der Waals surface area contributed by atoms with Crippen LogP contribution in [0.1, 0.15) is 22.3 Å². The number of rotatable bonds is 2. The van der Waals surface area contributed by atoms with E-state index >= 15 is 0 Å². The molecule has 108 valence electrons. The Morgan fingerprint density at radius 1 is 0.870 bits per heavy atom. The summed E-state index contributed by atoms with van der Waals surface area (Å²) in [6.07, 6.45) is 3.17. The lowest BCUT2D eigenvalue weighted by Gasteiger charge is -2.05.